The second-order valence-electron chi connectivity index (χ2n) is 4.30. The zero-order valence-electron chi connectivity index (χ0n) is 10.3. The number of rotatable bonds is 0. The Balaban J connectivity index is 2.72. The van der Waals surface area contributed by atoms with E-state index < -0.39 is 11.2 Å². The monoisotopic (exact) mass is 258 g/mol. The van der Waals surface area contributed by atoms with E-state index >= 15 is 0 Å². The number of aromatic nitrogens is 4. The molecule has 0 spiro atoms. The number of hydrogen-bond donors (Lipinski definition) is 1. The maximum atomic E-state index is 12.1. The molecule has 1 N–H and O–H groups in total. The van der Waals surface area contributed by atoms with Crippen LogP contribution >= 0.6 is 0 Å². The minimum absolute atomic E-state index is 0.244. The molecule has 96 valence electrons. The molecule has 0 aliphatic rings. The van der Waals surface area contributed by atoms with Gasteiger partial charge in [-0.05, 0) is 12.1 Å². The molecule has 19 heavy (non-hydrogen) atoms. The summed E-state index contributed by atoms with van der Waals surface area (Å²) in [5.74, 6) is 0. The van der Waals surface area contributed by atoms with Crippen molar-refractivity contribution in [3.8, 4) is 0 Å². The molecule has 0 bridgehead atoms. The number of pyridine rings is 2. The van der Waals surface area contributed by atoms with Crippen molar-refractivity contribution in [2.24, 2.45) is 14.1 Å². The van der Waals surface area contributed by atoms with Gasteiger partial charge < -0.3 is 4.98 Å². The molecule has 0 atom stereocenters. The van der Waals surface area contributed by atoms with Gasteiger partial charge in [-0.1, -0.05) is 0 Å². The molecule has 7 heteroatoms. The Hall–Kier alpha value is -2.70. The van der Waals surface area contributed by atoms with Crippen LogP contribution in [0, 0.1) is 0 Å². The average Bonchev–Trinajstić information content (AvgIpc) is 2.42. The lowest BCUT2D eigenvalue weighted by molar-refractivity contribution is 0.708. The maximum absolute atomic E-state index is 12.1. The van der Waals surface area contributed by atoms with Crippen LogP contribution in [-0.2, 0) is 14.1 Å². The van der Waals surface area contributed by atoms with Crippen LogP contribution in [0.25, 0.3) is 21.9 Å². The third-order valence-electron chi connectivity index (χ3n) is 3.16. The van der Waals surface area contributed by atoms with Crippen molar-refractivity contribution in [1.82, 2.24) is 19.1 Å². The third-order valence-corrected chi connectivity index (χ3v) is 3.16. The molecular formula is C12H10N4O3. The van der Waals surface area contributed by atoms with Crippen LogP contribution in [0.15, 0.2) is 32.7 Å². The van der Waals surface area contributed by atoms with Crippen LogP contribution in [0.5, 0.6) is 0 Å². The van der Waals surface area contributed by atoms with E-state index in [-0.39, 0.29) is 16.6 Å². The highest BCUT2D eigenvalue weighted by Crippen LogP contribution is 2.11. The lowest BCUT2D eigenvalue weighted by Gasteiger charge is -2.07. The number of aryl methyl sites for hydroxylation is 1. The zero-order chi connectivity index (χ0) is 13.7. The van der Waals surface area contributed by atoms with Gasteiger partial charge in [0.2, 0.25) is 0 Å². The maximum Gasteiger partial charge on any atom is 0.332 e. The summed E-state index contributed by atoms with van der Waals surface area (Å²) in [6.45, 7) is 0. The summed E-state index contributed by atoms with van der Waals surface area (Å²) in [6.07, 6.45) is 1.47. The Morgan fingerprint density at radius 3 is 2.58 bits per heavy atom. The van der Waals surface area contributed by atoms with Crippen molar-refractivity contribution >= 4 is 21.9 Å². The molecule has 0 saturated heterocycles. The first-order chi connectivity index (χ1) is 9.00. The Morgan fingerprint density at radius 1 is 1.11 bits per heavy atom. The minimum Gasteiger partial charge on any atom is -0.328 e. The summed E-state index contributed by atoms with van der Waals surface area (Å²) >= 11 is 0. The number of fused-ring (bicyclic) bond motifs is 2. The molecule has 0 radical (unpaired) electrons. The zero-order valence-corrected chi connectivity index (χ0v) is 10.3. The van der Waals surface area contributed by atoms with E-state index in [2.05, 4.69) is 9.97 Å². The summed E-state index contributed by atoms with van der Waals surface area (Å²) in [5, 5.41) is 0.569. The predicted octanol–water partition coefficient (Wildman–Crippen LogP) is -0.526. The Labute approximate surface area is 105 Å². The van der Waals surface area contributed by atoms with Crippen molar-refractivity contribution in [3.63, 3.8) is 0 Å². The summed E-state index contributed by atoms with van der Waals surface area (Å²) in [7, 11) is 2.93. The van der Waals surface area contributed by atoms with Crippen molar-refractivity contribution in [3.05, 3.63) is 49.5 Å². The standard InChI is InChI=1S/C12H10N4O3/c1-15-9-7(11(18)16(2)12(15)19)5-6-8(14-9)3-4-13-10(6)17/h3-5H,1-2H3,(H,13,17). The van der Waals surface area contributed by atoms with E-state index in [0.717, 1.165) is 4.57 Å². The highest BCUT2D eigenvalue weighted by molar-refractivity contribution is 5.89. The fourth-order valence-corrected chi connectivity index (χ4v) is 2.10. The van der Waals surface area contributed by atoms with Crippen LogP contribution in [0.4, 0.5) is 0 Å². The fraction of sp³-hybridized carbons (Fsp3) is 0.167. The lowest BCUT2D eigenvalue weighted by atomic mass is 10.2. The number of nitrogens with one attached hydrogen (secondary N) is 1. The van der Waals surface area contributed by atoms with Gasteiger partial charge in [-0.2, -0.15) is 0 Å². The van der Waals surface area contributed by atoms with Crippen LogP contribution < -0.4 is 16.8 Å². The molecule has 7 nitrogen and oxygen atoms in total. The van der Waals surface area contributed by atoms with Gasteiger partial charge >= 0.3 is 5.69 Å². The van der Waals surface area contributed by atoms with Crippen molar-refractivity contribution in [2.75, 3.05) is 0 Å². The van der Waals surface area contributed by atoms with Crippen LogP contribution in [0.1, 0.15) is 0 Å². The highest BCUT2D eigenvalue weighted by atomic mass is 16.2. The smallest absolute Gasteiger partial charge is 0.328 e. The van der Waals surface area contributed by atoms with Gasteiger partial charge in [0.1, 0.15) is 5.65 Å². The third kappa shape index (κ3) is 1.44. The van der Waals surface area contributed by atoms with Crippen LogP contribution in [-0.4, -0.2) is 19.1 Å². The van der Waals surface area contributed by atoms with E-state index in [0.29, 0.717) is 10.9 Å². The molecule has 0 unspecified atom stereocenters. The number of hydrogen-bond acceptors (Lipinski definition) is 4. The van der Waals surface area contributed by atoms with Gasteiger partial charge in [0, 0.05) is 20.3 Å². The van der Waals surface area contributed by atoms with Gasteiger partial charge in [-0.25, -0.2) is 9.78 Å². The lowest BCUT2D eigenvalue weighted by Crippen LogP contribution is -2.37. The fourth-order valence-electron chi connectivity index (χ4n) is 2.10. The van der Waals surface area contributed by atoms with Crippen LogP contribution in [0.2, 0.25) is 0 Å². The molecule has 3 aromatic heterocycles. The molecule has 3 heterocycles. The largest absolute Gasteiger partial charge is 0.332 e. The number of nitrogens with zero attached hydrogens (tertiary/aromatic N) is 3. The quantitative estimate of drug-likeness (QED) is 0.549. The first-order valence-corrected chi connectivity index (χ1v) is 5.59. The molecule has 0 aliphatic carbocycles. The first kappa shape index (κ1) is 11.4. The minimum atomic E-state index is -0.462. The van der Waals surface area contributed by atoms with Gasteiger partial charge in [-0.3, -0.25) is 18.7 Å². The average molecular weight is 258 g/mol. The Kier molecular flexibility index (Phi) is 2.19. The first-order valence-electron chi connectivity index (χ1n) is 5.59. The normalized spacial score (nSPS) is 11.3. The van der Waals surface area contributed by atoms with E-state index in [4.69, 9.17) is 0 Å². The second-order valence-corrected chi connectivity index (χ2v) is 4.30. The number of aromatic amines is 1. The Bertz CT molecular complexity index is 994. The molecule has 0 saturated carbocycles. The summed E-state index contributed by atoms with van der Waals surface area (Å²) in [5.41, 5.74) is -0.515. The molecular weight excluding hydrogens is 248 g/mol. The number of H-pyrrole nitrogens is 1. The molecule has 3 rings (SSSR count). The van der Waals surface area contributed by atoms with Crippen LogP contribution in [0.3, 0.4) is 0 Å². The van der Waals surface area contributed by atoms with Crippen molar-refractivity contribution in [2.45, 2.75) is 0 Å². The van der Waals surface area contributed by atoms with Gasteiger partial charge in [0.15, 0.2) is 0 Å². The summed E-state index contributed by atoms with van der Waals surface area (Å²) < 4.78 is 2.28. The molecule has 0 aromatic carbocycles. The topological polar surface area (TPSA) is 89.8 Å². The summed E-state index contributed by atoms with van der Waals surface area (Å²) in [6, 6.07) is 3.09. The van der Waals surface area contributed by atoms with E-state index in [1.807, 2.05) is 0 Å². The highest BCUT2D eigenvalue weighted by Gasteiger charge is 2.11. The molecule has 0 amide bonds. The van der Waals surface area contributed by atoms with Crippen molar-refractivity contribution < 1.29 is 0 Å². The van der Waals surface area contributed by atoms with Gasteiger partial charge in [0.05, 0.1) is 16.3 Å². The molecule has 0 fully saturated rings. The predicted molar refractivity (Wildman–Crippen MR) is 70.4 cm³/mol. The molecule has 0 aliphatic heterocycles. The van der Waals surface area contributed by atoms with E-state index in [1.165, 1.54) is 30.9 Å². The SMILES string of the molecule is Cn1c(=O)c2cc3c(=O)[nH]ccc3nc2n(C)c1=O. The second kappa shape index (κ2) is 3.64. The van der Waals surface area contributed by atoms with E-state index in [9.17, 15) is 14.4 Å². The van der Waals surface area contributed by atoms with E-state index in [1.54, 1.807) is 6.07 Å². The van der Waals surface area contributed by atoms with Crippen molar-refractivity contribution in [1.29, 1.82) is 0 Å². The molecule has 3 aromatic rings. The van der Waals surface area contributed by atoms with Gasteiger partial charge in [0.25, 0.3) is 11.1 Å². The van der Waals surface area contributed by atoms with Gasteiger partial charge in [-0.15, -0.1) is 0 Å². The summed E-state index contributed by atoms with van der Waals surface area (Å²) in [4.78, 5) is 42.3. The Morgan fingerprint density at radius 2 is 1.84 bits per heavy atom.